The topological polar surface area (TPSA) is 74.6 Å². The van der Waals surface area contributed by atoms with Crippen molar-refractivity contribution in [1.29, 1.82) is 0 Å². The molecular weight excluding hydrogens is 438 g/mol. The van der Waals surface area contributed by atoms with Gasteiger partial charge in [-0.1, -0.05) is 48.9 Å². The van der Waals surface area contributed by atoms with Crippen LogP contribution in [0.3, 0.4) is 0 Å². The van der Waals surface area contributed by atoms with Crippen LogP contribution in [0.4, 0.5) is 11.4 Å². The molecule has 35 heavy (non-hydrogen) atoms. The normalized spacial score (nSPS) is 14.1. The van der Waals surface area contributed by atoms with Gasteiger partial charge in [-0.05, 0) is 73.5 Å². The van der Waals surface area contributed by atoms with Crippen molar-refractivity contribution in [1.82, 2.24) is 4.90 Å². The summed E-state index contributed by atoms with van der Waals surface area (Å²) in [4.78, 5) is 27.6. The van der Waals surface area contributed by atoms with E-state index in [1.807, 2.05) is 48.5 Å². The molecule has 0 atom stereocenters. The van der Waals surface area contributed by atoms with Gasteiger partial charge in [0.05, 0.1) is 6.42 Å². The second-order valence-electron chi connectivity index (χ2n) is 9.06. The quantitative estimate of drug-likeness (QED) is 0.357. The second-order valence-corrected chi connectivity index (χ2v) is 9.06. The Morgan fingerprint density at radius 2 is 1.57 bits per heavy atom. The summed E-state index contributed by atoms with van der Waals surface area (Å²) in [7, 11) is 0. The van der Waals surface area contributed by atoms with Crippen molar-refractivity contribution in [3.05, 3.63) is 95.7 Å². The summed E-state index contributed by atoms with van der Waals surface area (Å²) in [5.41, 5.74) is 4.23. The van der Waals surface area contributed by atoms with Gasteiger partial charge in [-0.3, -0.25) is 14.5 Å². The number of rotatable bonds is 7. The molecule has 0 radical (unpaired) electrons. The van der Waals surface area contributed by atoms with E-state index in [4.69, 9.17) is 4.42 Å². The summed E-state index contributed by atoms with van der Waals surface area (Å²) in [5, 5.41) is 6.74. The smallest absolute Gasteiger partial charge is 0.291 e. The molecule has 6 nitrogen and oxygen atoms in total. The number of hydrogen-bond donors (Lipinski definition) is 2. The Balaban J connectivity index is 1.14. The summed E-state index contributed by atoms with van der Waals surface area (Å²) in [6.07, 6.45) is 4.10. The number of benzene rings is 3. The van der Waals surface area contributed by atoms with E-state index in [1.54, 1.807) is 18.2 Å². The summed E-state index contributed by atoms with van der Waals surface area (Å²) >= 11 is 0. The van der Waals surface area contributed by atoms with Gasteiger partial charge in [-0.15, -0.1) is 0 Å². The summed E-state index contributed by atoms with van der Waals surface area (Å²) in [6, 6.07) is 24.6. The van der Waals surface area contributed by atoms with Gasteiger partial charge in [0.15, 0.2) is 5.76 Å². The lowest BCUT2D eigenvalue weighted by atomic mass is 10.1. The largest absolute Gasteiger partial charge is 0.451 e. The van der Waals surface area contributed by atoms with Gasteiger partial charge in [0.1, 0.15) is 5.58 Å². The van der Waals surface area contributed by atoms with Crippen LogP contribution < -0.4 is 10.6 Å². The molecular formula is C29H29N3O3. The zero-order chi connectivity index (χ0) is 24.0. The van der Waals surface area contributed by atoms with Gasteiger partial charge in [0, 0.05) is 23.3 Å². The third-order valence-electron chi connectivity index (χ3n) is 6.29. The Morgan fingerprint density at radius 3 is 2.37 bits per heavy atom. The number of carbonyl (C=O) groups excluding carboxylic acids is 2. The number of nitrogens with one attached hydrogen (secondary N) is 2. The minimum absolute atomic E-state index is 0.0702. The zero-order valence-electron chi connectivity index (χ0n) is 19.6. The highest BCUT2D eigenvalue weighted by Crippen LogP contribution is 2.21. The molecule has 1 aromatic heterocycles. The maximum atomic E-state index is 12.6. The molecule has 1 fully saturated rings. The number of carbonyl (C=O) groups is 2. The molecule has 6 heteroatoms. The van der Waals surface area contributed by atoms with E-state index in [9.17, 15) is 9.59 Å². The minimum Gasteiger partial charge on any atom is -0.451 e. The van der Waals surface area contributed by atoms with Gasteiger partial charge >= 0.3 is 0 Å². The summed E-state index contributed by atoms with van der Waals surface area (Å²) < 4.78 is 5.62. The van der Waals surface area contributed by atoms with Crippen LogP contribution in [0.2, 0.25) is 0 Å². The molecule has 4 aromatic rings. The lowest BCUT2D eigenvalue weighted by Crippen LogP contribution is -2.29. The highest BCUT2D eigenvalue weighted by molar-refractivity contribution is 6.04. The van der Waals surface area contributed by atoms with Gasteiger partial charge in [0.2, 0.25) is 5.91 Å². The van der Waals surface area contributed by atoms with Crippen LogP contribution in [0.5, 0.6) is 0 Å². The van der Waals surface area contributed by atoms with Crippen molar-refractivity contribution in [2.24, 2.45) is 0 Å². The zero-order valence-corrected chi connectivity index (χ0v) is 19.6. The molecule has 0 saturated carbocycles. The molecule has 1 aliphatic heterocycles. The fourth-order valence-electron chi connectivity index (χ4n) is 4.51. The highest BCUT2D eigenvalue weighted by Gasteiger charge is 2.13. The third-order valence-corrected chi connectivity index (χ3v) is 6.29. The Labute approximate surface area is 204 Å². The number of furan rings is 1. The Hall–Kier alpha value is -3.90. The first kappa shape index (κ1) is 22.9. The van der Waals surface area contributed by atoms with Crippen LogP contribution >= 0.6 is 0 Å². The Kier molecular flexibility index (Phi) is 6.91. The first-order valence-corrected chi connectivity index (χ1v) is 12.1. The van der Waals surface area contributed by atoms with Crippen molar-refractivity contribution in [3.63, 3.8) is 0 Å². The van der Waals surface area contributed by atoms with Crippen molar-refractivity contribution in [2.45, 2.75) is 32.2 Å². The number of nitrogens with zero attached hydrogens (tertiary/aromatic N) is 1. The highest BCUT2D eigenvalue weighted by atomic mass is 16.3. The van der Waals surface area contributed by atoms with Gasteiger partial charge in [-0.25, -0.2) is 0 Å². The maximum absolute atomic E-state index is 12.6. The first-order chi connectivity index (χ1) is 17.1. The minimum atomic E-state index is -0.309. The molecule has 0 bridgehead atoms. The van der Waals surface area contributed by atoms with Crippen LogP contribution in [-0.2, 0) is 17.8 Å². The Morgan fingerprint density at radius 1 is 0.771 bits per heavy atom. The van der Waals surface area contributed by atoms with Crippen LogP contribution in [0.25, 0.3) is 11.0 Å². The number of amides is 2. The van der Waals surface area contributed by atoms with Gasteiger partial charge in [0.25, 0.3) is 5.91 Å². The molecule has 0 aliphatic carbocycles. The molecule has 1 aliphatic rings. The predicted octanol–water partition coefficient (Wildman–Crippen LogP) is 5.85. The SMILES string of the molecule is O=C(Cc1ccc(NC(=O)c2cc3ccccc3o2)cc1)Nc1cccc(CN2CCCCC2)c1. The molecule has 0 unspecified atom stereocenters. The lowest BCUT2D eigenvalue weighted by Gasteiger charge is -2.26. The predicted molar refractivity (Wildman–Crippen MR) is 139 cm³/mol. The van der Waals surface area contributed by atoms with Gasteiger partial charge < -0.3 is 15.1 Å². The average molecular weight is 468 g/mol. The number of para-hydroxylation sites is 1. The van der Waals surface area contributed by atoms with Crippen LogP contribution in [0.1, 0.15) is 40.9 Å². The number of fused-ring (bicyclic) bond motifs is 1. The van der Waals surface area contributed by atoms with Crippen molar-refractivity contribution >= 4 is 34.2 Å². The number of likely N-dealkylation sites (tertiary alicyclic amines) is 1. The van der Waals surface area contributed by atoms with Crippen molar-refractivity contribution in [2.75, 3.05) is 23.7 Å². The van der Waals surface area contributed by atoms with Crippen LogP contribution in [0, 0.1) is 0 Å². The van der Waals surface area contributed by atoms with E-state index >= 15 is 0 Å². The number of anilines is 2. The molecule has 2 heterocycles. The number of piperidine rings is 1. The fraction of sp³-hybridized carbons (Fsp3) is 0.241. The van der Waals surface area contributed by atoms with E-state index in [1.165, 1.54) is 24.8 Å². The fourth-order valence-corrected chi connectivity index (χ4v) is 4.51. The molecule has 0 spiro atoms. The number of hydrogen-bond acceptors (Lipinski definition) is 4. The molecule has 5 rings (SSSR count). The molecule has 3 aromatic carbocycles. The van der Waals surface area contributed by atoms with Crippen LogP contribution in [0.15, 0.2) is 83.3 Å². The maximum Gasteiger partial charge on any atom is 0.291 e. The van der Waals surface area contributed by atoms with Crippen molar-refractivity contribution in [3.8, 4) is 0 Å². The molecule has 1 saturated heterocycles. The molecule has 178 valence electrons. The first-order valence-electron chi connectivity index (χ1n) is 12.1. The van der Waals surface area contributed by atoms with E-state index in [0.717, 1.165) is 36.3 Å². The lowest BCUT2D eigenvalue weighted by molar-refractivity contribution is -0.115. The summed E-state index contributed by atoms with van der Waals surface area (Å²) in [5.74, 6) is -0.118. The monoisotopic (exact) mass is 467 g/mol. The molecule has 2 amide bonds. The molecule has 2 N–H and O–H groups in total. The standard InChI is InChI=1S/C29H29N3O3/c33-28(30-25-9-6-7-22(17-25)20-32-15-4-1-5-16-32)18-21-11-13-24(14-12-21)31-29(34)27-19-23-8-2-3-10-26(23)35-27/h2-3,6-14,17,19H,1,4-5,15-16,18,20H2,(H,30,33)(H,31,34). The van der Waals surface area contributed by atoms with Crippen LogP contribution in [-0.4, -0.2) is 29.8 Å². The van der Waals surface area contributed by atoms with Crippen molar-refractivity contribution < 1.29 is 14.0 Å². The van der Waals surface area contributed by atoms with Gasteiger partial charge in [-0.2, -0.15) is 0 Å². The average Bonchev–Trinajstić information content (AvgIpc) is 3.31. The third kappa shape index (κ3) is 5.97. The second kappa shape index (κ2) is 10.6. The van der Waals surface area contributed by atoms with E-state index in [-0.39, 0.29) is 24.0 Å². The van der Waals surface area contributed by atoms with E-state index < -0.39 is 0 Å². The summed E-state index contributed by atoms with van der Waals surface area (Å²) in [6.45, 7) is 3.21. The Bertz CT molecular complexity index is 1290. The van der Waals surface area contributed by atoms with E-state index in [2.05, 4.69) is 27.7 Å². The van der Waals surface area contributed by atoms with E-state index in [0.29, 0.717) is 11.3 Å².